The van der Waals surface area contributed by atoms with Crippen LogP contribution in [0.2, 0.25) is 0 Å². The van der Waals surface area contributed by atoms with Gasteiger partial charge >= 0.3 is 0 Å². The van der Waals surface area contributed by atoms with E-state index in [-0.39, 0.29) is 5.91 Å². The molecule has 0 saturated heterocycles. The van der Waals surface area contributed by atoms with Gasteiger partial charge in [-0.05, 0) is 38.8 Å². The van der Waals surface area contributed by atoms with Crippen molar-refractivity contribution in [1.82, 2.24) is 0 Å². The Balaban J connectivity index is 2.18. The lowest BCUT2D eigenvalue weighted by atomic mass is 10.1. The second-order valence-corrected chi connectivity index (χ2v) is 5.42. The van der Waals surface area contributed by atoms with Gasteiger partial charge in [0.2, 0.25) is 5.91 Å². The van der Waals surface area contributed by atoms with Crippen molar-refractivity contribution in [3.8, 4) is 0 Å². The Bertz CT molecular complexity index is 446. The first-order valence-corrected chi connectivity index (χ1v) is 5.99. The fourth-order valence-corrected chi connectivity index (χ4v) is 2.14. The largest absolute Gasteiger partial charge is 0.390 e. The highest BCUT2D eigenvalue weighted by atomic mass is 16.3. The Labute approximate surface area is 102 Å². The lowest BCUT2D eigenvalue weighted by molar-refractivity contribution is -0.117. The Morgan fingerprint density at radius 3 is 2.76 bits per heavy atom. The summed E-state index contributed by atoms with van der Waals surface area (Å²) in [6.07, 6.45) is 1.08. The number of benzene rings is 1. The van der Waals surface area contributed by atoms with Crippen LogP contribution in [0.4, 0.5) is 5.69 Å². The van der Waals surface area contributed by atoms with Crippen LogP contribution in [0.25, 0.3) is 0 Å². The molecule has 3 heteroatoms. The number of amides is 1. The molecule has 0 atom stereocenters. The number of nitrogens with zero attached hydrogens (tertiary/aromatic N) is 1. The lowest BCUT2D eigenvalue weighted by Crippen LogP contribution is -2.33. The number of carbonyl (C=O) groups is 1. The van der Waals surface area contributed by atoms with Crippen molar-refractivity contribution in [2.75, 3.05) is 11.4 Å². The summed E-state index contributed by atoms with van der Waals surface area (Å²) in [5.41, 5.74) is 2.56. The highest BCUT2D eigenvalue weighted by Gasteiger charge is 2.28. The SMILES string of the molecule is Cc1ccc2c(c1)CC(=O)N2CCC(C)(C)O. The number of fused-ring (bicyclic) bond motifs is 1. The molecular weight excluding hydrogens is 214 g/mol. The highest BCUT2D eigenvalue weighted by Crippen LogP contribution is 2.30. The summed E-state index contributed by atoms with van der Waals surface area (Å²) in [4.78, 5) is 13.7. The van der Waals surface area contributed by atoms with Crippen LogP contribution in [-0.2, 0) is 11.2 Å². The van der Waals surface area contributed by atoms with Gasteiger partial charge in [0, 0.05) is 12.2 Å². The summed E-state index contributed by atoms with van der Waals surface area (Å²) in [6, 6.07) is 6.09. The third-order valence-electron chi connectivity index (χ3n) is 3.12. The first-order chi connectivity index (χ1) is 7.87. The monoisotopic (exact) mass is 233 g/mol. The number of aliphatic hydroxyl groups is 1. The van der Waals surface area contributed by atoms with Gasteiger partial charge in [0.15, 0.2) is 0 Å². The van der Waals surface area contributed by atoms with Gasteiger partial charge in [-0.15, -0.1) is 0 Å². The van der Waals surface area contributed by atoms with Gasteiger partial charge < -0.3 is 10.0 Å². The van der Waals surface area contributed by atoms with Gasteiger partial charge in [-0.25, -0.2) is 0 Å². The molecule has 1 amide bonds. The van der Waals surface area contributed by atoms with E-state index in [4.69, 9.17) is 0 Å². The highest BCUT2D eigenvalue weighted by molar-refractivity contribution is 6.01. The van der Waals surface area contributed by atoms with Crippen LogP contribution in [0.15, 0.2) is 18.2 Å². The van der Waals surface area contributed by atoms with Crippen molar-refractivity contribution in [2.45, 2.75) is 39.2 Å². The van der Waals surface area contributed by atoms with Gasteiger partial charge in [-0.2, -0.15) is 0 Å². The number of aryl methyl sites for hydroxylation is 1. The van der Waals surface area contributed by atoms with E-state index in [1.54, 1.807) is 18.7 Å². The van der Waals surface area contributed by atoms with Crippen molar-refractivity contribution >= 4 is 11.6 Å². The third kappa shape index (κ3) is 2.67. The molecule has 0 aliphatic carbocycles. The topological polar surface area (TPSA) is 40.5 Å². The van der Waals surface area contributed by atoms with Crippen LogP contribution in [0.1, 0.15) is 31.4 Å². The van der Waals surface area contributed by atoms with Gasteiger partial charge in [0.25, 0.3) is 0 Å². The fraction of sp³-hybridized carbons (Fsp3) is 0.500. The molecule has 92 valence electrons. The molecule has 1 aromatic rings. The number of hydrogen-bond donors (Lipinski definition) is 1. The first-order valence-electron chi connectivity index (χ1n) is 5.99. The van der Waals surface area contributed by atoms with E-state index in [0.717, 1.165) is 11.3 Å². The zero-order valence-corrected chi connectivity index (χ0v) is 10.7. The molecule has 3 nitrogen and oxygen atoms in total. The number of hydrogen-bond acceptors (Lipinski definition) is 2. The van der Waals surface area contributed by atoms with Crippen LogP contribution in [0.5, 0.6) is 0 Å². The fourth-order valence-electron chi connectivity index (χ4n) is 2.14. The van der Waals surface area contributed by atoms with Gasteiger partial charge in [-0.1, -0.05) is 17.7 Å². The van der Waals surface area contributed by atoms with Crippen molar-refractivity contribution in [3.63, 3.8) is 0 Å². The zero-order valence-electron chi connectivity index (χ0n) is 10.7. The van der Waals surface area contributed by atoms with E-state index in [9.17, 15) is 9.90 Å². The van der Waals surface area contributed by atoms with Crippen LogP contribution in [0, 0.1) is 6.92 Å². The maximum atomic E-state index is 11.9. The maximum Gasteiger partial charge on any atom is 0.231 e. The normalized spacial score (nSPS) is 15.3. The summed E-state index contributed by atoms with van der Waals surface area (Å²) in [7, 11) is 0. The first kappa shape index (κ1) is 12.1. The van der Waals surface area contributed by atoms with Crippen molar-refractivity contribution < 1.29 is 9.90 Å². The molecule has 1 aromatic carbocycles. The van der Waals surface area contributed by atoms with Gasteiger partial charge in [0.1, 0.15) is 0 Å². The summed E-state index contributed by atoms with van der Waals surface area (Å²) >= 11 is 0. The number of carbonyl (C=O) groups excluding carboxylic acids is 1. The molecule has 0 unspecified atom stereocenters. The molecule has 0 spiro atoms. The number of anilines is 1. The molecule has 1 heterocycles. The molecule has 0 aromatic heterocycles. The minimum absolute atomic E-state index is 0.134. The minimum atomic E-state index is -0.728. The standard InChI is InChI=1S/C14H19NO2/c1-10-4-5-12-11(8-10)9-13(16)15(12)7-6-14(2,3)17/h4-5,8,17H,6-7,9H2,1-3H3. The molecule has 1 aliphatic rings. The molecule has 1 aliphatic heterocycles. The summed E-state index contributed by atoms with van der Waals surface area (Å²) in [5.74, 6) is 0.134. The number of rotatable bonds is 3. The molecule has 1 N–H and O–H groups in total. The smallest absolute Gasteiger partial charge is 0.231 e. The predicted octanol–water partition coefficient (Wildman–Crippen LogP) is 2.05. The average molecular weight is 233 g/mol. The predicted molar refractivity (Wildman–Crippen MR) is 68.2 cm³/mol. The third-order valence-corrected chi connectivity index (χ3v) is 3.12. The molecule has 17 heavy (non-hydrogen) atoms. The van der Waals surface area contributed by atoms with Crippen LogP contribution in [0.3, 0.4) is 0 Å². The molecular formula is C14H19NO2. The van der Waals surface area contributed by atoms with Crippen LogP contribution < -0.4 is 4.90 Å². The van der Waals surface area contributed by atoms with Crippen molar-refractivity contribution in [2.24, 2.45) is 0 Å². The molecule has 0 fully saturated rings. The van der Waals surface area contributed by atoms with E-state index in [1.165, 1.54) is 5.56 Å². The summed E-state index contributed by atoms with van der Waals surface area (Å²) in [5, 5.41) is 9.72. The minimum Gasteiger partial charge on any atom is -0.390 e. The van der Waals surface area contributed by atoms with Crippen molar-refractivity contribution in [1.29, 1.82) is 0 Å². The molecule has 0 radical (unpaired) electrons. The lowest BCUT2D eigenvalue weighted by Gasteiger charge is -2.23. The Morgan fingerprint density at radius 2 is 2.12 bits per heavy atom. The Kier molecular flexibility index (Phi) is 2.96. The van der Waals surface area contributed by atoms with E-state index < -0.39 is 5.60 Å². The van der Waals surface area contributed by atoms with E-state index >= 15 is 0 Å². The summed E-state index contributed by atoms with van der Waals surface area (Å²) in [6.45, 7) is 6.15. The summed E-state index contributed by atoms with van der Waals surface area (Å²) < 4.78 is 0. The molecule has 0 bridgehead atoms. The maximum absolute atomic E-state index is 11.9. The molecule has 2 rings (SSSR count). The van der Waals surface area contributed by atoms with Crippen LogP contribution >= 0.6 is 0 Å². The van der Waals surface area contributed by atoms with Gasteiger partial charge in [-0.3, -0.25) is 4.79 Å². The zero-order chi connectivity index (χ0) is 12.6. The Hall–Kier alpha value is -1.35. The van der Waals surface area contributed by atoms with Crippen LogP contribution in [-0.4, -0.2) is 23.2 Å². The Morgan fingerprint density at radius 1 is 1.41 bits per heavy atom. The van der Waals surface area contributed by atoms with E-state index in [0.29, 0.717) is 19.4 Å². The van der Waals surface area contributed by atoms with E-state index in [2.05, 4.69) is 6.07 Å². The second-order valence-electron chi connectivity index (χ2n) is 5.42. The quantitative estimate of drug-likeness (QED) is 0.868. The molecule has 0 saturated carbocycles. The van der Waals surface area contributed by atoms with Crippen molar-refractivity contribution in [3.05, 3.63) is 29.3 Å². The van der Waals surface area contributed by atoms with E-state index in [1.807, 2.05) is 19.1 Å². The average Bonchev–Trinajstić information content (AvgIpc) is 2.48. The second kappa shape index (κ2) is 4.15. The van der Waals surface area contributed by atoms with Gasteiger partial charge in [0.05, 0.1) is 12.0 Å².